The van der Waals surface area contributed by atoms with Crippen LogP contribution in [-0.4, -0.2) is 12.9 Å². The second kappa shape index (κ2) is 7.88. The molecule has 1 unspecified atom stereocenters. The predicted molar refractivity (Wildman–Crippen MR) is 76.2 cm³/mol. The van der Waals surface area contributed by atoms with Crippen molar-refractivity contribution in [3.05, 3.63) is 14.7 Å². The molecule has 17 heavy (non-hydrogen) atoms. The molecule has 4 heteroatoms. The first-order valence-electron chi connectivity index (χ1n) is 6.07. The Hall–Kier alpha value is -0.350. The Bertz CT molecular complexity index is 349. The molecule has 1 aromatic heterocycles. The fraction of sp³-hybridized carbons (Fsp3) is 0.615. The van der Waals surface area contributed by atoms with E-state index in [1.54, 1.807) is 0 Å². The van der Waals surface area contributed by atoms with Crippen LogP contribution in [0.1, 0.15) is 49.9 Å². The van der Waals surface area contributed by atoms with Crippen molar-refractivity contribution in [1.29, 1.82) is 0 Å². The van der Waals surface area contributed by atoms with Crippen molar-refractivity contribution in [3.63, 3.8) is 0 Å². The highest BCUT2D eigenvalue weighted by Crippen LogP contribution is 2.32. The lowest BCUT2D eigenvalue weighted by Crippen LogP contribution is -2.11. The molecule has 0 aliphatic rings. The van der Waals surface area contributed by atoms with Gasteiger partial charge in [0.1, 0.15) is 5.75 Å². The van der Waals surface area contributed by atoms with E-state index in [0.29, 0.717) is 23.8 Å². The highest BCUT2D eigenvalue weighted by Gasteiger charge is 2.12. The Morgan fingerprint density at radius 2 is 2.29 bits per heavy atom. The van der Waals surface area contributed by atoms with Crippen molar-refractivity contribution in [3.8, 4) is 5.75 Å². The molecule has 0 saturated carbocycles. The predicted octanol–water partition coefficient (Wildman–Crippen LogP) is 4.92. The van der Waals surface area contributed by atoms with E-state index in [0.717, 1.165) is 16.5 Å². The molecule has 0 saturated heterocycles. The van der Waals surface area contributed by atoms with Crippen LogP contribution in [0.4, 0.5) is 0 Å². The van der Waals surface area contributed by atoms with Crippen LogP contribution in [0.3, 0.4) is 0 Å². The zero-order valence-corrected chi connectivity index (χ0v) is 12.8. The SMILES string of the molecule is CCCCC(CC)COc1csc(Br)c1C=O. The van der Waals surface area contributed by atoms with Crippen LogP contribution in [0.2, 0.25) is 0 Å². The summed E-state index contributed by atoms with van der Waals surface area (Å²) >= 11 is 4.84. The second-order valence-corrected chi connectivity index (χ2v) is 6.33. The van der Waals surface area contributed by atoms with Crippen LogP contribution in [0.5, 0.6) is 5.75 Å². The zero-order chi connectivity index (χ0) is 12.7. The van der Waals surface area contributed by atoms with E-state index >= 15 is 0 Å². The number of halogens is 1. The summed E-state index contributed by atoms with van der Waals surface area (Å²) in [5, 5.41) is 1.89. The van der Waals surface area contributed by atoms with Gasteiger partial charge in [-0.05, 0) is 28.3 Å². The number of carbonyl (C=O) groups excluding carboxylic acids is 1. The normalized spacial score (nSPS) is 12.4. The van der Waals surface area contributed by atoms with Crippen LogP contribution in [0.25, 0.3) is 0 Å². The minimum absolute atomic E-state index is 0.591. The quantitative estimate of drug-likeness (QED) is 0.636. The molecule has 0 N–H and O–H groups in total. The van der Waals surface area contributed by atoms with Crippen molar-refractivity contribution in [1.82, 2.24) is 0 Å². The minimum atomic E-state index is 0.591. The Labute approximate surface area is 115 Å². The van der Waals surface area contributed by atoms with E-state index in [4.69, 9.17) is 4.74 Å². The average Bonchev–Trinajstić information content (AvgIpc) is 2.70. The van der Waals surface area contributed by atoms with Gasteiger partial charge in [0.25, 0.3) is 0 Å². The third-order valence-electron chi connectivity index (χ3n) is 2.88. The Morgan fingerprint density at radius 3 is 2.88 bits per heavy atom. The Kier molecular flexibility index (Phi) is 6.82. The molecule has 96 valence electrons. The van der Waals surface area contributed by atoms with Crippen molar-refractivity contribution in [2.24, 2.45) is 5.92 Å². The summed E-state index contributed by atoms with van der Waals surface area (Å²) in [7, 11) is 0. The largest absolute Gasteiger partial charge is 0.492 e. The zero-order valence-electron chi connectivity index (χ0n) is 10.4. The van der Waals surface area contributed by atoms with Gasteiger partial charge in [-0.1, -0.05) is 33.1 Å². The van der Waals surface area contributed by atoms with E-state index < -0.39 is 0 Å². The molecule has 0 aromatic carbocycles. The molecule has 0 bridgehead atoms. The number of aldehydes is 1. The molecule has 0 radical (unpaired) electrons. The lowest BCUT2D eigenvalue weighted by atomic mass is 10.0. The van der Waals surface area contributed by atoms with Gasteiger partial charge in [-0.3, -0.25) is 4.79 Å². The molecule has 0 fully saturated rings. The maximum atomic E-state index is 10.9. The number of hydrogen-bond donors (Lipinski definition) is 0. The van der Waals surface area contributed by atoms with Crippen molar-refractivity contribution in [2.45, 2.75) is 39.5 Å². The summed E-state index contributed by atoms with van der Waals surface area (Å²) in [6.45, 7) is 5.10. The summed E-state index contributed by atoms with van der Waals surface area (Å²) in [6, 6.07) is 0. The summed E-state index contributed by atoms with van der Waals surface area (Å²) < 4.78 is 6.60. The number of thiophene rings is 1. The van der Waals surface area contributed by atoms with Crippen molar-refractivity contribution < 1.29 is 9.53 Å². The smallest absolute Gasteiger partial charge is 0.155 e. The molecule has 0 amide bonds. The van der Waals surface area contributed by atoms with Crippen LogP contribution < -0.4 is 4.74 Å². The Balaban J connectivity index is 2.50. The van der Waals surface area contributed by atoms with Crippen LogP contribution in [0.15, 0.2) is 9.17 Å². The van der Waals surface area contributed by atoms with Crippen molar-refractivity contribution in [2.75, 3.05) is 6.61 Å². The van der Waals surface area contributed by atoms with Crippen LogP contribution in [-0.2, 0) is 0 Å². The summed E-state index contributed by atoms with van der Waals surface area (Å²) in [6.07, 6.45) is 5.65. The van der Waals surface area contributed by atoms with Gasteiger partial charge < -0.3 is 4.74 Å². The Morgan fingerprint density at radius 1 is 1.53 bits per heavy atom. The van der Waals surface area contributed by atoms with Crippen LogP contribution >= 0.6 is 27.3 Å². The van der Waals surface area contributed by atoms with Gasteiger partial charge in [-0.2, -0.15) is 0 Å². The molecule has 1 aromatic rings. The van der Waals surface area contributed by atoms with Crippen molar-refractivity contribution >= 4 is 33.6 Å². The summed E-state index contributed by atoms with van der Waals surface area (Å²) in [5.41, 5.74) is 0.639. The average molecular weight is 319 g/mol. The summed E-state index contributed by atoms with van der Waals surface area (Å²) in [5.74, 6) is 1.31. The van der Waals surface area contributed by atoms with Gasteiger partial charge in [-0.15, -0.1) is 11.3 Å². The molecule has 0 aliphatic heterocycles. The maximum absolute atomic E-state index is 10.9. The monoisotopic (exact) mass is 318 g/mol. The lowest BCUT2D eigenvalue weighted by Gasteiger charge is -2.15. The van der Waals surface area contributed by atoms with Crippen LogP contribution in [0, 0.1) is 5.92 Å². The molecule has 2 nitrogen and oxygen atoms in total. The minimum Gasteiger partial charge on any atom is -0.492 e. The van der Waals surface area contributed by atoms with E-state index in [1.165, 1.54) is 30.6 Å². The van der Waals surface area contributed by atoms with Gasteiger partial charge in [0.15, 0.2) is 6.29 Å². The van der Waals surface area contributed by atoms with Gasteiger partial charge in [-0.25, -0.2) is 0 Å². The number of ether oxygens (including phenoxy) is 1. The number of hydrogen-bond acceptors (Lipinski definition) is 3. The molecule has 0 spiro atoms. The van der Waals surface area contributed by atoms with E-state index in [2.05, 4.69) is 29.8 Å². The van der Waals surface area contributed by atoms with E-state index in [9.17, 15) is 4.79 Å². The molecule has 0 aliphatic carbocycles. The molecular weight excluding hydrogens is 300 g/mol. The number of carbonyl (C=O) groups is 1. The molecular formula is C13H19BrO2S. The summed E-state index contributed by atoms with van der Waals surface area (Å²) in [4.78, 5) is 10.9. The first kappa shape index (κ1) is 14.7. The number of rotatable bonds is 8. The topological polar surface area (TPSA) is 26.3 Å². The first-order valence-corrected chi connectivity index (χ1v) is 7.75. The highest BCUT2D eigenvalue weighted by atomic mass is 79.9. The second-order valence-electron chi connectivity index (χ2n) is 4.13. The van der Waals surface area contributed by atoms with E-state index in [-0.39, 0.29) is 0 Å². The third-order valence-corrected chi connectivity index (χ3v) is 4.63. The van der Waals surface area contributed by atoms with Gasteiger partial charge in [0.05, 0.1) is 16.0 Å². The van der Waals surface area contributed by atoms with Gasteiger partial charge in [0.2, 0.25) is 0 Å². The fourth-order valence-electron chi connectivity index (χ4n) is 1.65. The number of unbranched alkanes of at least 4 members (excludes halogenated alkanes) is 1. The lowest BCUT2D eigenvalue weighted by molar-refractivity contribution is 0.111. The van der Waals surface area contributed by atoms with E-state index in [1.807, 2.05) is 5.38 Å². The maximum Gasteiger partial charge on any atom is 0.155 e. The standard InChI is InChI=1S/C13H19BrO2S/c1-3-5-6-10(4-2)8-16-12-9-17-13(14)11(12)7-15/h7,9-10H,3-6,8H2,1-2H3. The third kappa shape index (κ3) is 4.43. The molecule has 1 atom stereocenters. The molecule has 1 rings (SSSR count). The van der Waals surface area contributed by atoms with Gasteiger partial charge >= 0.3 is 0 Å². The first-order chi connectivity index (χ1) is 8.22. The molecule has 1 heterocycles. The fourth-order valence-corrected chi connectivity index (χ4v) is 2.90. The highest BCUT2D eigenvalue weighted by molar-refractivity contribution is 9.11. The van der Waals surface area contributed by atoms with Gasteiger partial charge in [0, 0.05) is 5.38 Å².